The van der Waals surface area contributed by atoms with Crippen molar-refractivity contribution in [2.24, 2.45) is 0 Å². The molecule has 10 nitrogen and oxygen atoms in total. The van der Waals surface area contributed by atoms with Crippen molar-refractivity contribution in [3.63, 3.8) is 0 Å². The number of carboxylic acids is 1. The SMILES string of the molecule is CCC(=O)N(C(=O)N(CC(O[C@H]1CC[C@@](C)(O)CC1)c1ccccc1)C(CC)O/C=C\NC)C(C)(C)C(=O)O. The zero-order valence-electron chi connectivity index (χ0n) is 24.1. The van der Waals surface area contributed by atoms with Crippen LogP contribution < -0.4 is 5.32 Å². The van der Waals surface area contributed by atoms with E-state index in [1.807, 2.05) is 44.2 Å². The first-order chi connectivity index (χ1) is 18.4. The minimum atomic E-state index is -1.79. The number of carbonyl (C=O) groups excluding carboxylic acids is 2. The first-order valence-electron chi connectivity index (χ1n) is 13.7. The summed E-state index contributed by atoms with van der Waals surface area (Å²) in [6.07, 6.45) is 4.31. The van der Waals surface area contributed by atoms with Crippen LogP contribution >= 0.6 is 0 Å². The van der Waals surface area contributed by atoms with Crippen molar-refractivity contribution in [3.8, 4) is 0 Å². The summed E-state index contributed by atoms with van der Waals surface area (Å²) in [5, 5.41) is 23.2. The Kier molecular flexibility index (Phi) is 11.8. The van der Waals surface area contributed by atoms with E-state index in [2.05, 4.69) is 5.32 Å². The highest BCUT2D eigenvalue weighted by atomic mass is 16.5. The Bertz CT molecular complexity index is 970. The molecule has 0 aromatic heterocycles. The van der Waals surface area contributed by atoms with Gasteiger partial charge in [0.1, 0.15) is 17.9 Å². The van der Waals surface area contributed by atoms with E-state index >= 15 is 0 Å². The van der Waals surface area contributed by atoms with Gasteiger partial charge < -0.3 is 25.0 Å². The summed E-state index contributed by atoms with van der Waals surface area (Å²) >= 11 is 0. The lowest BCUT2D eigenvalue weighted by Crippen LogP contribution is -2.61. The van der Waals surface area contributed by atoms with Gasteiger partial charge in [0.05, 0.1) is 18.2 Å². The van der Waals surface area contributed by atoms with Crippen molar-refractivity contribution >= 4 is 17.9 Å². The van der Waals surface area contributed by atoms with Crippen LogP contribution in [-0.4, -0.2) is 75.0 Å². The van der Waals surface area contributed by atoms with Crippen molar-refractivity contribution < 1.29 is 34.1 Å². The van der Waals surface area contributed by atoms with Gasteiger partial charge in [0, 0.05) is 26.1 Å². The van der Waals surface area contributed by atoms with Crippen LogP contribution in [0.4, 0.5) is 4.79 Å². The van der Waals surface area contributed by atoms with Crippen LogP contribution in [0.2, 0.25) is 0 Å². The molecule has 2 atom stereocenters. The van der Waals surface area contributed by atoms with Crippen molar-refractivity contribution in [3.05, 3.63) is 48.4 Å². The maximum absolute atomic E-state index is 14.1. The van der Waals surface area contributed by atoms with Crippen LogP contribution in [0.3, 0.4) is 0 Å². The van der Waals surface area contributed by atoms with E-state index < -0.39 is 41.4 Å². The van der Waals surface area contributed by atoms with Crippen LogP contribution in [0.15, 0.2) is 42.8 Å². The number of carboxylic acid groups (broad SMARTS) is 1. The van der Waals surface area contributed by atoms with E-state index in [0.717, 1.165) is 10.5 Å². The Labute approximate surface area is 231 Å². The van der Waals surface area contributed by atoms with Crippen LogP contribution in [0, 0.1) is 0 Å². The zero-order valence-corrected chi connectivity index (χ0v) is 24.1. The van der Waals surface area contributed by atoms with Crippen LogP contribution in [0.5, 0.6) is 0 Å². The molecule has 0 spiro atoms. The molecule has 1 aromatic rings. The average Bonchev–Trinajstić information content (AvgIpc) is 2.90. The predicted molar refractivity (Wildman–Crippen MR) is 147 cm³/mol. The van der Waals surface area contributed by atoms with E-state index in [9.17, 15) is 24.6 Å². The monoisotopic (exact) mass is 547 g/mol. The van der Waals surface area contributed by atoms with Gasteiger partial charge in [-0.15, -0.1) is 0 Å². The van der Waals surface area contributed by atoms with Crippen molar-refractivity contribution in [1.82, 2.24) is 15.1 Å². The molecule has 2 unspecified atom stereocenters. The molecule has 0 saturated heterocycles. The largest absolute Gasteiger partial charge is 0.480 e. The van der Waals surface area contributed by atoms with Crippen molar-refractivity contribution in [1.29, 1.82) is 0 Å². The topological polar surface area (TPSA) is 129 Å². The number of aliphatic carboxylic acids is 1. The van der Waals surface area contributed by atoms with E-state index in [1.165, 1.54) is 25.0 Å². The lowest BCUT2D eigenvalue weighted by molar-refractivity contribution is -0.155. The Hall–Kier alpha value is -3.11. The molecule has 0 heterocycles. The molecule has 3 amide bonds. The molecule has 218 valence electrons. The molecule has 0 bridgehead atoms. The standard InChI is InChI=1S/C29H45N3O7/c1-7-24(33)32(28(3,4)26(34)35)27(36)31(25(8-2)38-19-18-30-6)20-23(21-12-10-9-11-13-21)39-22-14-16-29(5,37)17-15-22/h9-13,18-19,22-23,25,30,37H,7-8,14-17,20H2,1-6H3,(H,34,35)/b19-18-/t22-,23?,25?,29+. The van der Waals surface area contributed by atoms with E-state index in [-0.39, 0.29) is 19.1 Å². The summed E-state index contributed by atoms with van der Waals surface area (Å²) in [6, 6.07) is 8.70. The lowest BCUT2D eigenvalue weighted by Gasteiger charge is -2.41. The van der Waals surface area contributed by atoms with E-state index in [0.29, 0.717) is 32.1 Å². The maximum Gasteiger partial charge on any atom is 0.330 e. The number of imide groups is 1. The third-order valence-electron chi connectivity index (χ3n) is 7.14. The molecule has 1 aromatic carbocycles. The number of nitrogens with zero attached hydrogens (tertiary/aromatic N) is 2. The van der Waals surface area contributed by atoms with Gasteiger partial charge >= 0.3 is 12.0 Å². The van der Waals surface area contributed by atoms with Gasteiger partial charge in [0.2, 0.25) is 5.91 Å². The number of hydrogen-bond acceptors (Lipinski definition) is 7. The number of nitrogens with one attached hydrogen (secondary N) is 1. The number of carbonyl (C=O) groups is 3. The average molecular weight is 548 g/mol. The zero-order chi connectivity index (χ0) is 29.2. The summed E-state index contributed by atoms with van der Waals surface area (Å²) in [4.78, 5) is 41.5. The molecule has 1 aliphatic rings. The fraction of sp³-hybridized carbons (Fsp3) is 0.621. The Morgan fingerprint density at radius 1 is 1.18 bits per heavy atom. The predicted octanol–water partition coefficient (Wildman–Crippen LogP) is 4.41. The second kappa shape index (κ2) is 14.3. The second-order valence-corrected chi connectivity index (χ2v) is 10.7. The fourth-order valence-electron chi connectivity index (χ4n) is 4.60. The minimum absolute atomic E-state index is 0.0187. The summed E-state index contributed by atoms with van der Waals surface area (Å²) in [7, 11) is 1.71. The van der Waals surface area contributed by atoms with Crippen molar-refractivity contribution in [2.75, 3.05) is 13.6 Å². The highest BCUT2D eigenvalue weighted by Gasteiger charge is 2.45. The van der Waals surface area contributed by atoms with Crippen molar-refractivity contribution in [2.45, 2.75) is 103 Å². The first kappa shape index (κ1) is 32.1. The number of urea groups is 1. The molecule has 0 aliphatic heterocycles. The van der Waals surface area contributed by atoms with Crippen LogP contribution in [0.25, 0.3) is 0 Å². The molecule has 1 aliphatic carbocycles. The van der Waals surface area contributed by atoms with Gasteiger partial charge in [0.25, 0.3) is 0 Å². The normalized spacial score (nSPS) is 21.2. The van der Waals surface area contributed by atoms with Gasteiger partial charge in [-0.05, 0) is 52.0 Å². The molecule has 2 rings (SSSR count). The quantitative estimate of drug-likeness (QED) is 0.245. The van der Waals surface area contributed by atoms with Gasteiger partial charge in [0.15, 0.2) is 6.23 Å². The maximum atomic E-state index is 14.1. The summed E-state index contributed by atoms with van der Waals surface area (Å²) in [6.45, 7) is 7.94. The van der Waals surface area contributed by atoms with Gasteiger partial charge in [-0.1, -0.05) is 44.2 Å². The van der Waals surface area contributed by atoms with Gasteiger partial charge in [-0.2, -0.15) is 0 Å². The number of benzene rings is 1. The smallest absolute Gasteiger partial charge is 0.330 e. The summed E-state index contributed by atoms with van der Waals surface area (Å²) in [5.41, 5.74) is -1.69. The fourth-order valence-corrected chi connectivity index (χ4v) is 4.60. The third kappa shape index (κ3) is 8.69. The molecular formula is C29H45N3O7. The third-order valence-corrected chi connectivity index (χ3v) is 7.14. The minimum Gasteiger partial charge on any atom is -0.480 e. The van der Waals surface area contributed by atoms with Crippen LogP contribution in [-0.2, 0) is 19.1 Å². The highest BCUT2D eigenvalue weighted by Crippen LogP contribution is 2.33. The Morgan fingerprint density at radius 3 is 2.31 bits per heavy atom. The number of amides is 3. The summed E-state index contributed by atoms with van der Waals surface area (Å²) in [5.74, 6) is -1.91. The Balaban J connectivity index is 2.52. The number of ether oxygens (including phenoxy) is 2. The first-order valence-corrected chi connectivity index (χ1v) is 13.7. The highest BCUT2D eigenvalue weighted by molar-refractivity contribution is 6.00. The number of aliphatic hydroxyl groups is 1. The van der Waals surface area contributed by atoms with Crippen LogP contribution in [0.1, 0.15) is 84.8 Å². The van der Waals surface area contributed by atoms with E-state index in [4.69, 9.17) is 9.47 Å². The van der Waals surface area contributed by atoms with Gasteiger partial charge in [-0.3, -0.25) is 9.69 Å². The second-order valence-electron chi connectivity index (χ2n) is 10.7. The van der Waals surface area contributed by atoms with Gasteiger partial charge in [-0.25, -0.2) is 14.5 Å². The Morgan fingerprint density at radius 2 is 1.79 bits per heavy atom. The number of rotatable bonds is 13. The molecule has 3 N–H and O–H groups in total. The molecule has 0 radical (unpaired) electrons. The number of hydrogen-bond donors (Lipinski definition) is 3. The van der Waals surface area contributed by atoms with E-state index in [1.54, 1.807) is 20.2 Å². The molecular weight excluding hydrogens is 502 g/mol. The molecule has 1 saturated carbocycles. The molecule has 10 heteroatoms. The summed E-state index contributed by atoms with van der Waals surface area (Å²) < 4.78 is 12.5. The lowest BCUT2D eigenvalue weighted by atomic mass is 9.85. The molecule has 39 heavy (non-hydrogen) atoms. The molecule has 1 fully saturated rings.